The molecule has 1 aliphatic carbocycles. The number of nitrogens with two attached hydrogens (primary N) is 1. The number of ketones is 1. The van der Waals surface area contributed by atoms with Crippen LogP contribution in [0.1, 0.15) is 69.6 Å². The van der Waals surface area contributed by atoms with Crippen molar-refractivity contribution < 1.29 is 23.9 Å². The van der Waals surface area contributed by atoms with Gasteiger partial charge in [0.15, 0.2) is 5.78 Å². The number of carbonyl (C=O) groups is 4. The van der Waals surface area contributed by atoms with Gasteiger partial charge >= 0.3 is 0 Å². The number of nitrogens with zero attached hydrogens (tertiary/aromatic N) is 3. The van der Waals surface area contributed by atoms with Crippen molar-refractivity contribution in [2.24, 2.45) is 22.7 Å². The van der Waals surface area contributed by atoms with Gasteiger partial charge in [0.2, 0.25) is 17.7 Å². The molecule has 5 N–H and O–H groups in total. The average molecular weight is 646 g/mol. The molecular formula is C35H47N7O5. The molecule has 4 rings (SSSR count). The van der Waals surface area contributed by atoms with Gasteiger partial charge in [-0.1, -0.05) is 92.8 Å². The number of nitrogens with one attached hydrogen (secondary N) is 3. The average Bonchev–Trinajstić information content (AvgIpc) is 3.84. The van der Waals surface area contributed by atoms with Crippen LogP contribution in [-0.2, 0) is 43.3 Å². The number of carbonyl (C=O) groups excluding carboxylic acids is 4. The van der Waals surface area contributed by atoms with Crippen LogP contribution in [0.15, 0.2) is 59.7 Å². The summed E-state index contributed by atoms with van der Waals surface area (Å²) in [5.74, 6) is -2.13. The highest BCUT2D eigenvalue weighted by atomic mass is 16.6. The lowest BCUT2D eigenvalue weighted by atomic mass is 9.79. The molecule has 2 aliphatic rings. The second-order valence-electron chi connectivity index (χ2n) is 13.2. The molecule has 0 unspecified atom stereocenters. The molecule has 1 saturated heterocycles. The third-order valence-corrected chi connectivity index (χ3v) is 9.14. The molecule has 1 aliphatic heterocycles. The van der Waals surface area contributed by atoms with E-state index in [0.29, 0.717) is 13.2 Å². The van der Waals surface area contributed by atoms with E-state index in [4.69, 9.17) is 10.5 Å². The lowest BCUT2D eigenvalue weighted by molar-refractivity contribution is -0.136. The van der Waals surface area contributed by atoms with Crippen LogP contribution >= 0.6 is 0 Å². The van der Waals surface area contributed by atoms with Crippen molar-refractivity contribution in [3.63, 3.8) is 0 Å². The summed E-state index contributed by atoms with van der Waals surface area (Å²) >= 11 is 0. The molecule has 252 valence electrons. The van der Waals surface area contributed by atoms with E-state index in [1.165, 1.54) is 0 Å². The van der Waals surface area contributed by atoms with Gasteiger partial charge in [-0.25, -0.2) is 0 Å². The molecule has 2 aromatic carbocycles. The van der Waals surface area contributed by atoms with Crippen molar-refractivity contribution in [2.75, 3.05) is 6.61 Å². The zero-order valence-corrected chi connectivity index (χ0v) is 27.5. The van der Waals surface area contributed by atoms with Crippen molar-refractivity contribution in [2.45, 2.75) is 102 Å². The van der Waals surface area contributed by atoms with Crippen LogP contribution in [0.4, 0.5) is 0 Å². The Balaban J connectivity index is 1.54. The van der Waals surface area contributed by atoms with Crippen molar-refractivity contribution in [3.05, 3.63) is 81.7 Å². The van der Waals surface area contributed by atoms with Crippen LogP contribution in [0.25, 0.3) is 10.4 Å². The third-order valence-electron chi connectivity index (χ3n) is 9.14. The standard InChI is InChI=1S/C35H47N7O5/c1-22(2)29(34(46)40-30(26-12-8-5-9-13-26)31(43)35(3)21-47-35)39-32(44)27(18-24-14-16-25(20-36)17-15-24)38-33(45)28(41-42-37)19-23-10-6-4-7-11-23/h4,6-7,10-11,14-17,22,26-30H,5,8-9,12-13,18-21,36H2,1-3H3,(H,38,45)(H,39,44)(H,40,46)/t27-,28-,29-,30-,35+/m0/s1. The van der Waals surface area contributed by atoms with E-state index in [0.717, 1.165) is 48.8 Å². The lowest BCUT2D eigenvalue weighted by Crippen LogP contribution is -2.60. The summed E-state index contributed by atoms with van der Waals surface area (Å²) in [5, 5.41) is 12.3. The van der Waals surface area contributed by atoms with Crippen LogP contribution in [0, 0.1) is 11.8 Å². The minimum Gasteiger partial charge on any atom is -0.361 e. The summed E-state index contributed by atoms with van der Waals surface area (Å²) in [6.07, 6.45) is 4.99. The molecule has 2 fully saturated rings. The van der Waals surface area contributed by atoms with Gasteiger partial charge in [0, 0.05) is 17.9 Å². The van der Waals surface area contributed by atoms with Gasteiger partial charge < -0.3 is 26.4 Å². The fourth-order valence-electron chi connectivity index (χ4n) is 6.09. The molecule has 5 atom stereocenters. The minimum atomic E-state index is -1.10. The Kier molecular flexibility index (Phi) is 12.5. The van der Waals surface area contributed by atoms with E-state index < -0.39 is 47.5 Å². The second kappa shape index (κ2) is 16.5. The van der Waals surface area contributed by atoms with Crippen LogP contribution in [0.2, 0.25) is 0 Å². The topological polar surface area (TPSA) is 192 Å². The van der Waals surface area contributed by atoms with Gasteiger partial charge in [0.05, 0.1) is 12.6 Å². The monoisotopic (exact) mass is 645 g/mol. The Morgan fingerprint density at radius 1 is 0.894 bits per heavy atom. The quantitative estimate of drug-likeness (QED) is 0.0932. The Morgan fingerprint density at radius 3 is 2.09 bits per heavy atom. The van der Waals surface area contributed by atoms with Crippen LogP contribution in [-0.4, -0.2) is 59.9 Å². The van der Waals surface area contributed by atoms with E-state index >= 15 is 0 Å². The summed E-state index contributed by atoms with van der Waals surface area (Å²) in [6.45, 7) is 6.04. The molecule has 1 saturated carbocycles. The van der Waals surface area contributed by atoms with Crippen molar-refractivity contribution in [1.29, 1.82) is 0 Å². The third kappa shape index (κ3) is 9.87. The van der Waals surface area contributed by atoms with Gasteiger partial charge in [-0.2, -0.15) is 0 Å². The van der Waals surface area contributed by atoms with Gasteiger partial charge in [-0.3, -0.25) is 19.2 Å². The first-order valence-electron chi connectivity index (χ1n) is 16.5. The van der Waals surface area contributed by atoms with E-state index in [-0.39, 0.29) is 30.5 Å². The number of hydrogen-bond acceptors (Lipinski definition) is 7. The highest BCUT2D eigenvalue weighted by Crippen LogP contribution is 2.34. The summed E-state index contributed by atoms with van der Waals surface area (Å²) in [6, 6.07) is 12.6. The molecule has 1 heterocycles. The largest absolute Gasteiger partial charge is 0.361 e. The van der Waals surface area contributed by atoms with Crippen LogP contribution in [0.5, 0.6) is 0 Å². The molecule has 12 nitrogen and oxygen atoms in total. The maximum absolute atomic E-state index is 13.9. The number of rotatable bonds is 16. The Labute approximate surface area is 276 Å². The van der Waals surface area contributed by atoms with E-state index in [1.807, 2.05) is 68.4 Å². The summed E-state index contributed by atoms with van der Waals surface area (Å²) in [7, 11) is 0. The predicted octanol–water partition coefficient (Wildman–Crippen LogP) is 3.66. The number of hydrogen-bond donors (Lipinski definition) is 4. The fourth-order valence-corrected chi connectivity index (χ4v) is 6.09. The van der Waals surface area contributed by atoms with Gasteiger partial charge in [0.25, 0.3) is 0 Å². The number of ether oxygens (including phenoxy) is 1. The van der Waals surface area contributed by atoms with Crippen LogP contribution < -0.4 is 21.7 Å². The normalized spacial score (nSPS) is 20.2. The predicted molar refractivity (Wildman–Crippen MR) is 178 cm³/mol. The zero-order chi connectivity index (χ0) is 34.0. The Morgan fingerprint density at radius 2 is 1.51 bits per heavy atom. The first-order valence-corrected chi connectivity index (χ1v) is 16.5. The molecule has 2 aromatic rings. The molecule has 12 heteroatoms. The smallest absolute Gasteiger partial charge is 0.243 e. The first kappa shape index (κ1) is 35.6. The van der Waals surface area contributed by atoms with Crippen LogP contribution in [0.3, 0.4) is 0 Å². The highest BCUT2D eigenvalue weighted by Gasteiger charge is 2.52. The fraction of sp³-hybridized carbons (Fsp3) is 0.543. The number of Topliss-reactive ketones (excluding diaryl/α,β-unsaturated/α-hetero) is 1. The lowest BCUT2D eigenvalue weighted by Gasteiger charge is -2.33. The molecule has 0 spiro atoms. The molecule has 0 bridgehead atoms. The van der Waals surface area contributed by atoms with E-state index in [9.17, 15) is 24.7 Å². The Hall–Kier alpha value is -4.25. The summed E-state index contributed by atoms with van der Waals surface area (Å²) in [5.41, 5.74) is 16.5. The maximum Gasteiger partial charge on any atom is 0.243 e. The summed E-state index contributed by atoms with van der Waals surface area (Å²) in [4.78, 5) is 57.6. The maximum atomic E-state index is 13.9. The SMILES string of the molecule is CC(C)[C@H](NC(=O)[C@H](Cc1ccc(CN)cc1)NC(=O)[C@H](Cc1ccccc1)N=[N+]=[N-])C(=O)N[C@H](C(=O)[C@@]1(C)CO1)C1CCCCC1. The van der Waals surface area contributed by atoms with Crippen molar-refractivity contribution in [1.82, 2.24) is 16.0 Å². The molecule has 3 amide bonds. The van der Waals surface area contributed by atoms with E-state index in [1.54, 1.807) is 6.92 Å². The second-order valence-corrected chi connectivity index (χ2v) is 13.2. The first-order chi connectivity index (χ1) is 22.5. The zero-order valence-electron chi connectivity index (χ0n) is 27.5. The number of azide groups is 1. The number of benzene rings is 2. The van der Waals surface area contributed by atoms with Gasteiger partial charge in [-0.15, -0.1) is 0 Å². The molecular weight excluding hydrogens is 598 g/mol. The van der Waals surface area contributed by atoms with Crippen molar-refractivity contribution in [3.8, 4) is 0 Å². The minimum absolute atomic E-state index is 0.00416. The highest BCUT2D eigenvalue weighted by molar-refractivity contribution is 5.99. The summed E-state index contributed by atoms with van der Waals surface area (Å²) < 4.78 is 5.45. The molecule has 0 aromatic heterocycles. The van der Waals surface area contributed by atoms with Crippen molar-refractivity contribution >= 4 is 23.5 Å². The molecule has 47 heavy (non-hydrogen) atoms. The number of epoxide rings is 1. The number of amides is 3. The molecule has 0 radical (unpaired) electrons. The van der Waals surface area contributed by atoms with E-state index in [2.05, 4.69) is 26.0 Å². The van der Waals surface area contributed by atoms with Gasteiger partial charge in [-0.05, 0) is 60.2 Å². The van der Waals surface area contributed by atoms with Gasteiger partial charge in [0.1, 0.15) is 23.7 Å². The Bertz CT molecular complexity index is 1430.